The van der Waals surface area contributed by atoms with Crippen molar-refractivity contribution in [2.24, 2.45) is 0 Å². The molecule has 1 aliphatic rings. The number of para-hydroxylation sites is 1. The maximum absolute atomic E-state index is 12.6. The average Bonchev–Trinajstić information content (AvgIpc) is 2.76. The number of hydrogen-bond acceptors (Lipinski definition) is 4. The van der Waals surface area contributed by atoms with E-state index in [0.29, 0.717) is 12.4 Å². The van der Waals surface area contributed by atoms with Crippen molar-refractivity contribution in [3.63, 3.8) is 0 Å². The molecule has 0 bridgehead atoms. The molecule has 0 atom stereocenters. The number of aromatic nitrogens is 2. The Hall–Kier alpha value is -2.31. The number of nitrogens with zero attached hydrogens (tertiary/aromatic N) is 4. The van der Waals surface area contributed by atoms with Gasteiger partial charge in [-0.25, -0.2) is 9.97 Å². The van der Waals surface area contributed by atoms with Crippen LogP contribution in [-0.4, -0.2) is 23.7 Å². The second-order valence-electron chi connectivity index (χ2n) is 4.50. The smallest absolute Gasteiger partial charge is 0.340 e. The van der Waals surface area contributed by atoms with E-state index in [1.54, 1.807) is 11.9 Å². The zero-order chi connectivity index (χ0) is 14.3. The fourth-order valence-electron chi connectivity index (χ4n) is 2.16. The van der Waals surface area contributed by atoms with Crippen molar-refractivity contribution in [1.29, 1.82) is 0 Å². The first-order valence-corrected chi connectivity index (χ1v) is 5.95. The molecule has 1 aromatic carbocycles. The molecule has 0 amide bonds. The highest BCUT2D eigenvalue weighted by molar-refractivity contribution is 5.78. The number of alkyl halides is 3. The monoisotopic (exact) mass is 280 g/mol. The molecule has 0 fully saturated rings. The van der Waals surface area contributed by atoms with Crippen LogP contribution in [0, 0.1) is 0 Å². The van der Waals surface area contributed by atoms with Gasteiger partial charge in [-0.05, 0) is 12.1 Å². The van der Waals surface area contributed by atoms with Gasteiger partial charge < -0.3 is 9.80 Å². The molecule has 4 nitrogen and oxygen atoms in total. The van der Waals surface area contributed by atoms with Gasteiger partial charge in [0.25, 0.3) is 0 Å². The maximum Gasteiger partial charge on any atom is 0.451 e. The zero-order valence-electron chi connectivity index (χ0n) is 10.6. The molecule has 1 aromatic heterocycles. The summed E-state index contributed by atoms with van der Waals surface area (Å²) >= 11 is 0. The van der Waals surface area contributed by atoms with E-state index in [1.807, 2.05) is 35.2 Å². The van der Waals surface area contributed by atoms with Gasteiger partial charge >= 0.3 is 6.18 Å². The molecule has 104 valence electrons. The lowest BCUT2D eigenvalue weighted by atomic mass is 10.3. The van der Waals surface area contributed by atoms with Crippen LogP contribution in [0.1, 0.15) is 5.82 Å². The van der Waals surface area contributed by atoms with Gasteiger partial charge in [0.2, 0.25) is 5.82 Å². The van der Waals surface area contributed by atoms with Gasteiger partial charge in [-0.2, -0.15) is 13.2 Å². The summed E-state index contributed by atoms with van der Waals surface area (Å²) in [6.45, 7) is 0.440. The van der Waals surface area contributed by atoms with Crippen LogP contribution in [0.4, 0.5) is 30.4 Å². The third kappa shape index (κ3) is 2.04. The standard InChI is InChI=1S/C13H11F3N4/c1-19-8-20(9-5-3-2-4-6-9)10-7-17-12(13(14,15)16)18-11(10)19/h2-7H,8H2,1H3. The topological polar surface area (TPSA) is 32.3 Å². The highest BCUT2D eigenvalue weighted by Crippen LogP contribution is 2.39. The molecule has 0 spiro atoms. The van der Waals surface area contributed by atoms with E-state index in [0.717, 1.165) is 5.69 Å². The second-order valence-corrected chi connectivity index (χ2v) is 4.50. The Morgan fingerprint density at radius 1 is 1.15 bits per heavy atom. The molecular weight excluding hydrogens is 269 g/mol. The highest BCUT2D eigenvalue weighted by atomic mass is 19.4. The van der Waals surface area contributed by atoms with Crippen molar-refractivity contribution in [3.8, 4) is 0 Å². The van der Waals surface area contributed by atoms with Crippen molar-refractivity contribution < 1.29 is 13.2 Å². The van der Waals surface area contributed by atoms with Crippen LogP contribution in [0.25, 0.3) is 0 Å². The highest BCUT2D eigenvalue weighted by Gasteiger charge is 2.37. The minimum atomic E-state index is -4.53. The summed E-state index contributed by atoms with van der Waals surface area (Å²) in [6.07, 6.45) is -3.31. The van der Waals surface area contributed by atoms with Crippen LogP contribution in [0.15, 0.2) is 36.5 Å². The summed E-state index contributed by atoms with van der Waals surface area (Å²) in [7, 11) is 1.70. The largest absolute Gasteiger partial charge is 0.451 e. The minimum absolute atomic E-state index is 0.288. The SMILES string of the molecule is CN1CN(c2ccccc2)c2cnc(C(F)(F)F)nc21. The molecule has 2 aromatic rings. The van der Waals surface area contributed by atoms with E-state index >= 15 is 0 Å². The van der Waals surface area contributed by atoms with Crippen LogP contribution >= 0.6 is 0 Å². The van der Waals surface area contributed by atoms with Crippen LogP contribution in [0.2, 0.25) is 0 Å². The Morgan fingerprint density at radius 2 is 1.85 bits per heavy atom. The first-order valence-electron chi connectivity index (χ1n) is 5.95. The lowest BCUT2D eigenvalue weighted by Crippen LogP contribution is -2.24. The average molecular weight is 280 g/mol. The third-order valence-electron chi connectivity index (χ3n) is 3.08. The summed E-state index contributed by atoms with van der Waals surface area (Å²) < 4.78 is 37.9. The van der Waals surface area contributed by atoms with Crippen molar-refractivity contribution in [2.75, 3.05) is 23.5 Å². The summed E-state index contributed by atoms with van der Waals surface area (Å²) in [5, 5.41) is 0. The van der Waals surface area contributed by atoms with Crippen molar-refractivity contribution in [1.82, 2.24) is 9.97 Å². The summed E-state index contributed by atoms with van der Waals surface area (Å²) in [5.74, 6) is -0.825. The van der Waals surface area contributed by atoms with Gasteiger partial charge in [-0.15, -0.1) is 0 Å². The summed E-state index contributed by atoms with van der Waals surface area (Å²) in [6, 6.07) is 9.41. The van der Waals surface area contributed by atoms with E-state index in [-0.39, 0.29) is 5.82 Å². The van der Waals surface area contributed by atoms with Crippen molar-refractivity contribution in [2.45, 2.75) is 6.18 Å². The minimum Gasteiger partial charge on any atom is -0.340 e. The molecular formula is C13H11F3N4. The van der Waals surface area contributed by atoms with Gasteiger partial charge in [0.05, 0.1) is 12.9 Å². The second kappa shape index (κ2) is 4.36. The molecule has 0 radical (unpaired) electrons. The predicted molar refractivity (Wildman–Crippen MR) is 68.9 cm³/mol. The Kier molecular flexibility index (Phi) is 2.77. The number of anilines is 3. The molecule has 0 saturated heterocycles. The number of benzene rings is 1. The maximum atomic E-state index is 12.6. The van der Waals surface area contributed by atoms with Gasteiger partial charge in [-0.1, -0.05) is 18.2 Å². The van der Waals surface area contributed by atoms with Gasteiger partial charge in [0.1, 0.15) is 5.69 Å². The summed E-state index contributed by atoms with van der Waals surface area (Å²) in [4.78, 5) is 10.6. The molecule has 7 heteroatoms. The Balaban J connectivity index is 2.04. The first kappa shape index (κ1) is 12.7. The lowest BCUT2D eigenvalue weighted by molar-refractivity contribution is -0.144. The van der Waals surface area contributed by atoms with Gasteiger partial charge in [0, 0.05) is 12.7 Å². The molecule has 0 aliphatic carbocycles. The van der Waals surface area contributed by atoms with Crippen molar-refractivity contribution in [3.05, 3.63) is 42.4 Å². The summed E-state index contributed by atoms with van der Waals surface area (Å²) in [5.41, 5.74) is 1.47. The molecule has 20 heavy (non-hydrogen) atoms. The lowest BCUT2D eigenvalue weighted by Gasteiger charge is -2.18. The Bertz CT molecular complexity index is 627. The Labute approximate surface area is 113 Å². The van der Waals surface area contributed by atoms with Gasteiger partial charge in [-0.3, -0.25) is 0 Å². The van der Waals surface area contributed by atoms with Crippen LogP contribution in [0.5, 0.6) is 0 Å². The molecule has 0 saturated carbocycles. The fourth-order valence-corrected chi connectivity index (χ4v) is 2.16. The predicted octanol–water partition coefficient (Wildman–Crippen LogP) is 3.04. The normalized spacial score (nSPS) is 14.6. The first-order chi connectivity index (χ1) is 9.47. The van der Waals surface area contributed by atoms with Crippen LogP contribution < -0.4 is 9.80 Å². The molecule has 2 heterocycles. The third-order valence-corrected chi connectivity index (χ3v) is 3.08. The molecule has 3 rings (SSSR count). The molecule has 1 aliphatic heterocycles. The Morgan fingerprint density at radius 3 is 2.50 bits per heavy atom. The number of fused-ring (bicyclic) bond motifs is 1. The van der Waals surface area contributed by atoms with Crippen LogP contribution in [-0.2, 0) is 6.18 Å². The van der Waals surface area contributed by atoms with E-state index in [1.165, 1.54) is 6.20 Å². The quantitative estimate of drug-likeness (QED) is 0.803. The van der Waals surface area contributed by atoms with Gasteiger partial charge in [0.15, 0.2) is 5.82 Å². The van der Waals surface area contributed by atoms with E-state index in [2.05, 4.69) is 9.97 Å². The van der Waals surface area contributed by atoms with Crippen LogP contribution in [0.3, 0.4) is 0 Å². The van der Waals surface area contributed by atoms with E-state index < -0.39 is 12.0 Å². The number of rotatable bonds is 1. The number of hydrogen-bond donors (Lipinski definition) is 0. The molecule has 0 unspecified atom stereocenters. The zero-order valence-corrected chi connectivity index (χ0v) is 10.6. The fraction of sp³-hybridized carbons (Fsp3) is 0.231. The van der Waals surface area contributed by atoms with E-state index in [4.69, 9.17) is 0 Å². The number of halogens is 3. The van der Waals surface area contributed by atoms with Crippen molar-refractivity contribution >= 4 is 17.2 Å². The molecule has 0 N–H and O–H groups in total. The van der Waals surface area contributed by atoms with E-state index in [9.17, 15) is 13.2 Å².